The highest BCUT2D eigenvalue weighted by Gasteiger charge is 2.16. The van der Waals surface area contributed by atoms with Crippen LogP contribution in [0.1, 0.15) is 38.3 Å². The summed E-state index contributed by atoms with van der Waals surface area (Å²) in [4.78, 5) is 13.9. The molecule has 17 heavy (non-hydrogen) atoms. The maximum atomic E-state index is 11.7. The number of amides is 1. The molecule has 1 aromatic rings. The van der Waals surface area contributed by atoms with E-state index in [2.05, 4.69) is 15.4 Å². The van der Waals surface area contributed by atoms with Crippen molar-refractivity contribution in [2.75, 3.05) is 25.0 Å². The number of hydrogen-bond donors (Lipinski definition) is 1. The molecule has 1 N–H and O–H groups in total. The molecule has 0 radical (unpaired) electrons. The summed E-state index contributed by atoms with van der Waals surface area (Å²) >= 11 is 0. The Bertz CT molecular complexity index is 381. The summed E-state index contributed by atoms with van der Waals surface area (Å²) < 4.78 is 5.06. The van der Waals surface area contributed by atoms with Crippen molar-refractivity contribution in [3.05, 3.63) is 11.8 Å². The number of likely N-dealkylation sites (tertiary alicyclic amines) is 1. The van der Waals surface area contributed by atoms with Gasteiger partial charge in [-0.25, -0.2) is 0 Å². The summed E-state index contributed by atoms with van der Waals surface area (Å²) in [7, 11) is 0. The SMILES string of the molecule is CC(C)c1cc(NC(=O)CN2CCCC2)on1. The van der Waals surface area contributed by atoms with Gasteiger partial charge in [-0.15, -0.1) is 0 Å². The van der Waals surface area contributed by atoms with Gasteiger partial charge < -0.3 is 4.52 Å². The van der Waals surface area contributed by atoms with Crippen LogP contribution in [0, 0.1) is 0 Å². The van der Waals surface area contributed by atoms with Crippen molar-refractivity contribution in [3.63, 3.8) is 0 Å². The van der Waals surface area contributed by atoms with E-state index < -0.39 is 0 Å². The van der Waals surface area contributed by atoms with E-state index in [1.165, 1.54) is 12.8 Å². The van der Waals surface area contributed by atoms with Gasteiger partial charge in [-0.1, -0.05) is 19.0 Å². The van der Waals surface area contributed by atoms with Crippen LogP contribution in [0.3, 0.4) is 0 Å². The molecule has 2 rings (SSSR count). The number of rotatable bonds is 4. The third kappa shape index (κ3) is 3.30. The highest BCUT2D eigenvalue weighted by Crippen LogP contribution is 2.17. The fourth-order valence-electron chi connectivity index (χ4n) is 1.94. The fourth-order valence-corrected chi connectivity index (χ4v) is 1.94. The predicted octanol–water partition coefficient (Wildman–Crippen LogP) is 1.83. The third-order valence-electron chi connectivity index (χ3n) is 2.95. The molecule has 5 nitrogen and oxygen atoms in total. The lowest BCUT2D eigenvalue weighted by Crippen LogP contribution is -2.30. The molecule has 0 saturated carbocycles. The zero-order valence-electron chi connectivity index (χ0n) is 10.4. The molecule has 1 saturated heterocycles. The van der Waals surface area contributed by atoms with Gasteiger partial charge in [0.2, 0.25) is 11.8 Å². The van der Waals surface area contributed by atoms with Crippen molar-refractivity contribution < 1.29 is 9.32 Å². The molecule has 0 aromatic carbocycles. The Hall–Kier alpha value is -1.36. The van der Waals surface area contributed by atoms with Gasteiger partial charge in [0.15, 0.2) is 0 Å². The standard InChI is InChI=1S/C12H19N3O2/c1-9(2)10-7-12(17-14-10)13-11(16)8-15-5-3-4-6-15/h7,9H,3-6,8H2,1-2H3,(H,13,16). The molecule has 1 fully saturated rings. The molecule has 2 heterocycles. The minimum Gasteiger partial charge on any atom is -0.338 e. The molecule has 0 aliphatic carbocycles. The summed E-state index contributed by atoms with van der Waals surface area (Å²) in [6.45, 7) is 6.54. The first kappa shape index (κ1) is 12.1. The number of aromatic nitrogens is 1. The predicted molar refractivity (Wildman–Crippen MR) is 64.9 cm³/mol. The molecular weight excluding hydrogens is 218 g/mol. The lowest BCUT2D eigenvalue weighted by molar-refractivity contribution is -0.117. The van der Waals surface area contributed by atoms with Crippen LogP contribution < -0.4 is 5.32 Å². The summed E-state index contributed by atoms with van der Waals surface area (Å²) in [5.74, 6) is 0.722. The number of carbonyl (C=O) groups is 1. The second-order valence-corrected chi connectivity index (χ2v) is 4.80. The van der Waals surface area contributed by atoms with Crippen molar-refractivity contribution >= 4 is 11.8 Å². The van der Waals surface area contributed by atoms with Gasteiger partial charge in [0.1, 0.15) is 0 Å². The monoisotopic (exact) mass is 237 g/mol. The fraction of sp³-hybridized carbons (Fsp3) is 0.667. The second kappa shape index (κ2) is 5.31. The molecule has 1 aromatic heterocycles. The third-order valence-corrected chi connectivity index (χ3v) is 2.95. The summed E-state index contributed by atoms with van der Waals surface area (Å²) in [5, 5.41) is 6.63. The van der Waals surface area contributed by atoms with E-state index in [-0.39, 0.29) is 5.91 Å². The zero-order chi connectivity index (χ0) is 12.3. The summed E-state index contributed by atoms with van der Waals surface area (Å²) in [6, 6.07) is 1.78. The number of nitrogens with one attached hydrogen (secondary N) is 1. The normalized spacial score (nSPS) is 16.6. The molecule has 1 aliphatic rings. The van der Waals surface area contributed by atoms with Crippen molar-refractivity contribution in [3.8, 4) is 0 Å². The van der Waals surface area contributed by atoms with Crippen LogP contribution in [0.2, 0.25) is 0 Å². The van der Waals surface area contributed by atoms with Crippen LogP contribution in [0.5, 0.6) is 0 Å². The van der Waals surface area contributed by atoms with Gasteiger partial charge in [-0.05, 0) is 31.8 Å². The highest BCUT2D eigenvalue weighted by atomic mass is 16.5. The smallest absolute Gasteiger partial charge is 0.240 e. The average Bonchev–Trinajstić information content (AvgIpc) is 2.88. The largest absolute Gasteiger partial charge is 0.338 e. The van der Waals surface area contributed by atoms with Gasteiger partial charge >= 0.3 is 0 Å². The average molecular weight is 237 g/mol. The van der Waals surface area contributed by atoms with Crippen molar-refractivity contribution in [1.82, 2.24) is 10.1 Å². The van der Waals surface area contributed by atoms with E-state index >= 15 is 0 Å². The lowest BCUT2D eigenvalue weighted by atomic mass is 10.1. The van der Waals surface area contributed by atoms with Crippen LogP contribution in [0.25, 0.3) is 0 Å². The van der Waals surface area contributed by atoms with Crippen LogP contribution in [-0.4, -0.2) is 35.6 Å². The Morgan fingerprint density at radius 2 is 2.24 bits per heavy atom. The van der Waals surface area contributed by atoms with Crippen LogP contribution >= 0.6 is 0 Å². The van der Waals surface area contributed by atoms with Crippen molar-refractivity contribution in [1.29, 1.82) is 0 Å². The van der Waals surface area contributed by atoms with Crippen molar-refractivity contribution in [2.24, 2.45) is 0 Å². The Morgan fingerprint density at radius 1 is 1.53 bits per heavy atom. The summed E-state index contributed by atoms with van der Waals surface area (Å²) in [6.07, 6.45) is 2.38. The molecule has 0 bridgehead atoms. The molecule has 0 atom stereocenters. The molecule has 1 amide bonds. The minimum absolute atomic E-state index is 0.0293. The van der Waals surface area contributed by atoms with Gasteiger partial charge in [-0.3, -0.25) is 15.0 Å². The maximum absolute atomic E-state index is 11.7. The Kier molecular flexibility index (Phi) is 3.78. The van der Waals surface area contributed by atoms with Gasteiger partial charge in [0.05, 0.1) is 12.2 Å². The highest BCUT2D eigenvalue weighted by molar-refractivity contribution is 5.90. The number of nitrogens with zero attached hydrogens (tertiary/aromatic N) is 2. The molecular formula is C12H19N3O2. The summed E-state index contributed by atoms with van der Waals surface area (Å²) in [5.41, 5.74) is 0.862. The van der Waals surface area contributed by atoms with Crippen LogP contribution in [0.4, 0.5) is 5.88 Å². The molecule has 1 aliphatic heterocycles. The number of hydrogen-bond acceptors (Lipinski definition) is 4. The number of carbonyl (C=O) groups excluding carboxylic acids is 1. The molecule has 0 unspecified atom stereocenters. The Morgan fingerprint density at radius 3 is 2.82 bits per heavy atom. The van der Waals surface area contributed by atoms with Crippen LogP contribution in [-0.2, 0) is 4.79 Å². The van der Waals surface area contributed by atoms with E-state index in [0.29, 0.717) is 18.3 Å². The van der Waals surface area contributed by atoms with E-state index in [1.54, 1.807) is 6.07 Å². The molecule has 5 heteroatoms. The van der Waals surface area contributed by atoms with Crippen molar-refractivity contribution in [2.45, 2.75) is 32.6 Å². The number of anilines is 1. The topological polar surface area (TPSA) is 58.4 Å². The van der Waals surface area contributed by atoms with E-state index in [4.69, 9.17) is 4.52 Å². The second-order valence-electron chi connectivity index (χ2n) is 4.80. The Balaban J connectivity index is 1.84. The maximum Gasteiger partial charge on any atom is 0.240 e. The minimum atomic E-state index is -0.0293. The first-order valence-electron chi connectivity index (χ1n) is 6.14. The molecule has 0 spiro atoms. The zero-order valence-corrected chi connectivity index (χ0v) is 10.4. The first-order chi connectivity index (χ1) is 8.15. The van der Waals surface area contributed by atoms with Gasteiger partial charge in [0.25, 0.3) is 0 Å². The van der Waals surface area contributed by atoms with Crippen LogP contribution in [0.15, 0.2) is 10.6 Å². The van der Waals surface area contributed by atoms with E-state index in [0.717, 1.165) is 18.8 Å². The first-order valence-corrected chi connectivity index (χ1v) is 6.14. The Labute approximate surface area is 101 Å². The van der Waals surface area contributed by atoms with E-state index in [9.17, 15) is 4.79 Å². The van der Waals surface area contributed by atoms with E-state index in [1.807, 2.05) is 13.8 Å². The van der Waals surface area contributed by atoms with Gasteiger partial charge in [0, 0.05) is 6.07 Å². The lowest BCUT2D eigenvalue weighted by Gasteiger charge is -2.12. The molecule has 94 valence electrons. The van der Waals surface area contributed by atoms with Gasteiger partial charge in [-0.2, -0.15) is 0 Å². The quantitative estimate of drug-likeness (QED) is 0.868.